The molecule has 4 rings (SSSR count). The van der Waals surface area contributed by atoms with Gasteiger partial charge in [0.25, 0.3) is 0 Å². The Bertz CT molecular complexity index is 338. The molecule has 114 valence electrons. The van der Waals surface area contributed by atoms with E-state index in [1.54, 1.807) is 0 Å². The van der Waals surface area contributed by atoms with Crippen molar-refractivity contribution < 1.29 is 4.79 Å². The van der Waals surface area contributed by atoms with Gasteiger partial charge in [0.2, 0.25) is 5.91 Å². The second kappa shape index (κ2) is 5.67. The van der Waals surface area contributed by atoms with E-state index < -0.39 is 0 Å². The molecule has 3 nitrogen and oxygen atoms in total. The molecular weight excluding hydrogens is 248 g/mol. The highest BCUT2D eigenvalue weighted by Gasteiger charge is 2.50. The standard InChI is InChI=1S/C17H30N2O/c1-10(2)3-15(9-18)19-17(20)16-13-5-11-4-12(7-13)8-14(16)6-11/h10-16H,3-9,18H2,1-2H3,(H,19,20). The van der Waals surface area contributed by atoms with Gasteiger partial charge in [-0.1, -0.05) is 13.8 Å². The molecule has 0 aromatic heterocycles. The molecule has 0 spiro atoms. The summed E-state index contributed by atoms with van der Waals surface area (Å²) < 4.78 is 0. The molecule has 20 heavy (non-hydrogen) atoms. The maximum Gasteiger partial charge on any atom is 0.223 e. The van der Waals surface area contributed by atoms with Crippen LogP contribution in [-0.2, 0) is 4.79 Å². The number of carbonyl (C=O) groups excluding carboxylic acids is 1. The van der Waals surface area contributed by atoms with E-state index in [-0.39, 0.29) is 6.04 Å². The van der Waals surface area contributed by atoms with Gasteiger partial charge in [0.05, 0.1) is 0 Å². The summed E-state index contributed by atoms with van der Waals surface area (Å²) in [5.41, 5.74) is 5.83. The molecule has 1 unspecified atom stereocenters. The molecule has 1 amide bonds. The van der Waals surface area contributed by atoms with Crippen molar-refractivity contribution in [1.82, 2.24) is 5.32 Å². The summed E-state index contributed by atoms with van der Waals surface area (Å²) >= 11 is 0. The monoisotopic (exact) mass is 278 g/mol. The van der Waals surface area contributed by atoms with Crippen LogP contribution in [0, 0.1) is 35.5 Å². The lowest BCUT2D eigenvalue weighted by atomic mass is 9.51. The SMILES string of the molecule is CC(C)CC(CN)NC(=O)C1C2CC3CC(C2)CC1C3. The molecule has 0 heterocycles. The van der Waals surface area contributed by atoms with Crippen molar-refractivity contribution >= 4 is 5.91 Å². The molecule has 4 saturated carbocycles. The second-order valence-corrected chi connectivity index (χ2v) is 8.03. The van der Waals surface area contributed by atoms with Crippen molar-refractivity contribution in [1.29, 1.82) is 0 Å². The van der Waals surface area contributed by atoms with Crippen molar-refractivity contribution in [2.75, 3.05) is 6.54 Å². The maximum atomic E-state index is 12.7. The number of hydrogen-bond acceptors (Lipinski definition) is 2. The molecule has 3 heteroatoms. The average molecular weight is 278 g/mol. The van der Waals surface area contributed by atoms with Gasteiger partial charge >= 0.3 is 0 Å². The number of rotatable bonds is 5. The van der Waals surface area contributed by atoms with Crippen LogP contribution in [0.25, 0.3) is 0 Å². The molecule has 4 fully saturated rings. The third-order valence-corrected chi connectivity index (χ3v) is 5.92. The smallest absolute Gasteiger partial charge is 0.223 e. The summed E-state index contributed by atoms with van der Waals surface area (Å²) in [6, 6.07) is 0.166. The summed E-state index contributed by atoms with van der Waals surface area (Å²) in [5.74, 6) is 4.40. The quantitative estimate of drug-likeness (QED) is 0.812. The van der Waals surface area contributed by atoms with Gasteiger partial charge in [0.15, 0.2) is 0 Å². The van der Waals surface area contributed by atoms with Gasteiger partial charge in [-0.05, 0) is 68.1 Å². The van der Waals surface area contributed by atoms with E-state index >= 15 is 0 Å². The van der Waals surface area contributed by atoms with Gasteiger partial charge < -0.3 is 11.1 Å². The fraction of sp³-hybridized carbons (Fsp3) is 0.941. The summed E-state index contributed by atoms with van der Waals surface area (Å²) in [4.78, 5) is 12.7. The Hall–Kier alpha value is -0.570. The summed E-state index contributed by atoms with van der Waals surface area (Å²) in [5, 5.41) is 3.26. The lowest BCUT2D eigenvalue weighted by Gasteiger charge is -2.53. The van der Waals surface area contributed by atoms with Gasteiger partial charge in [-0.25, -0.2) is 0 Å². The zero-order valence-electron chi connectivity index (χ0n) is 13.0. The van der Waals surface area contributed by atoms with Crippen molar-refractivity contribution in [2.45, 2.75) is 58.4 Å². The largest absolute Gasteiger partial charge is 0.352 e. The van der Waals surface area contributed by atoms with Gasteiger partial charge in [0, 0.05) is 18.5 Å². The van der Waals surface area contributed by atoms with Gasteiger partial charge in [0.1, 0.15) is 0 Å². The van der Waals surface area contributed by atoms with Crippen LogP contribution >= 0.6 is 0 Å². The topological polar surface area (TPSA) is 55.1 Å². The van der Waals surface area contributed by atoms with Crippen molar-refractivity contribution in [3.05, 3.63) is 0 Å². The van der Waals surface area contributed by atoms with Gasteiger partial charge in [-0.2, -0.15) is 0 Å². The van der Waals surface area contributed by atoms with Crippen LogP contribution in [0.3, 0.4) is 0 Å². The van der Waals surface area contributed by atoms with Crippen LogP contribution in [0.5, 0.6) is 0 Å². The molecule has 0 radical (unpaired) electrons. The summed E-state index contributed by atoms with van der Waals surface area (Å²) in [6.45, 7) is 4.95. The highest BCUT2D eigenvalue weighted by atomic mass is 16.2. The number of nitrogens with one attached hydrogen (secondary N) is 1. The summed E-state index contributed by atoms with van der Waals surface area (Å²) in [6.07, 6.45) is 7.67. The molecule has 0 aromatic rings. The molecule has 0 saturated heterocycles. The first-order valence-corrected chi connectivity index (χ1v) is 8.57. The Morgan fingerprint density at radius 3 is 2.10 bits per heavy atom. The molecule has 0 aromatic carbocycles. The lowest BCUT2D eigenvalue weighted by molar-refractivity contribution is -0.138. The van der Waals surface area contributed by atoms with E-state index in [0.29, 0.717) is 36.1 Å². The van der Waals surface area contributed by atoms with E-state index in [1.807, 2.05) is 0 Å². The van der Waals surface area contributed by atoms with E-state index in [9.17, 15) is 4.79 Å². The Labute approximate surface area is 123 Å². The Morgan fingerprint density at radius 1 is 1.10 bits per heavy atom. The fourth-order valence-corrected chi connectivity index (χ4v) is 5.43. The predicted octanol–water partition coefficient (Wildman–Crippen LogP) is 2.55. The Balaban J connectivity index is 1.62. The minimum absolute atomic E-state index is 0.166. The minimum Gasteiger partial charge on any atom is -0.352 e. The number of nitrogens with two attached hydrogens (primary N) is 1. The highest BCUT2D eigenvalue weighted by Crippen LogP contribution is 2.56. The zero-order chi connectivity index (χ0) is 14.3. The first kappa shape index (κ1) is 14.4. The van der Waals surface area contributed by atoms with Crippen molar-refractivity contribution in [3.8, 4) is 0 Å². The molecular formula is C17H30N2O. The van der Waals surface area contributed by atoms with Crippen LogP contribution in [-0.4, -0.2) is 18.5 Å². The van der Waals surface area contributed by atoms with E-state index in [2.05, 4.69) is 19.2 Å². The molecule has 4 aliphatic rings. The van der Waals surface area contributed by atoms with Gasteiger partial charge in [-0.3, -0.25) is 4.79 Å². The normalized spacial score (nSPS) is 40.1. The van der Waals surface area contributed by atoms with Crippen LogP contribution in [0.2, 0.25) is 0 Å². The molecule has 4 aliphatic carbocycles. The first-order chi connectivity index (χ1) is 9.56. The number of amides is 1. The number of carbonyl (C=O) groups is 1. The van der Waals surface area contributed by atoms with Crippen LogP contribution in [0.4, 0.5) is 0 Å². The number of hydrogen-bond donors (Lipinski definition) is 2. The first-order valence-electron chi connectivity index (χ1n) is 8.57. The fourth-order valence-electron chi connectivity index (χ4n) is 5.43. The van der Waals surface area contributed by atoms with Crippen LogP contribution in [0.1, 0.15) is 52.4 Å². The van der Waals surface area contributed by atoms with E-state index in [4.69, 9.17) is 5.73 Å². The van der Waals surface area contributed by atoms with E-state index in [0.717, 1.165) is 18.3 Å². The van der Waals surface area contributed by atoms with Crippen molar-refractivity contribution in [2.24, 2.45) is 41.2 Å². The lowest BCUT2D eigenvalue weighted by Crippen LogP contribution is -2.53. The minimum atomic E-state index is 0.166. The third-order valence-electron chi connectivity index (χ3n) is 5.92. The predicted molar refractivity (Wildman–Crippen MR) is 81.0 cm³/mol. The zero-order valence-corrected chi connectivity index (χ0v) is 13.0. The second-order valence-electron chi connectivity index (χ2n) is 8.03. The van der Waals surface area contributed by atoms with Gasteiger partial charge in [-0.15, -0.1) is 0 Å². The molecule has 3 N–H and O–H groups in total. The van der Waals surface area contributed by atoms with E-state index in [1.165, 1.54) is 32.1 Å². The third kappa shape index (κ3) is 2.74. The molecule has 0 aliphatic heterocycles. The Morgan fingerprint density at radius 2 is 1.65 bits per heavy atom. The maximum absolute atomic E-state index is 12.7. The highest BCUT2D eigenvalue weighted by molar-refractivity contribution is 5.80. The van der Waals surface area contributed by atoms with Crippen LogP contribution in [0.15, 0.2) is 0 Å². The molecule has 1 atom stereocenters. The average Bonchev–Trinajstić information content (AvgIpc) is 2.35. The van der Waals surface area contributed by atoms with Crippen LogP contribution < -0.4 is 11.1 Å². The summed E-state index contributed by atoms with van der Waals surface area (Å²) in [7, 11) is 0. The molecule has 4 bridgehead atoms. The Kier molecular flexibility index (Phi) is 4.07. The van der Waals surface area contributed by atoms with Crippen molar-refractivity contribution in [3.63, 3.8) is 0 Å².